The van der Waals surface area contributed by atoms with Crippen molar-refractivity contribution in [2.75, 3.05) is 0 Å². The lowest BCUT2D eigenvalue weighted by atomic mass is 9.99. The molecule has 0 amide bonds. The number of aromatic nitrogens is 1. The summed E-state index contributed by atoms with van der Waals surface area (Å²) in [5.41, 5.74) is 3.39. The van der Waals surface area contributed by atoms with Gasteiger partial charge in [-0.05, 0) is 53.6 Å². The molecule has 2 aromatic heterocycles. The Kier molecular flexibility index (Phi) is 7.12. The Bertz CT molecular complexity index is 1680. The Morgan fingerprint density at radius 3 is 2.65 bits per heavy atom. The minimum atomic E-state index is -1.21. The Hall–Kier alpha value is -3.88. The fourth-order valence-corrected chi connectivity index (χ4v) is 6.21. The number of hydrogen-bond acceptors (Lipinski definition) is 3. The maximum Gasteiger partial charge on any atom is 0.346 e. The summed E-state index contributed by atoms with van der Waals surface area (Å²) in [6, 6.07) is 25.4. The molecule has 37 heavy (non-hydrogen) atoms. The number of nitriles is 1. The van der Waals surface area contributed by atoms with Crippen molar-refractivity contribution in [3.63, 3.8) is 0 Å². The smallest absolute Gasteiger partial charge is 0.346 e. The zero-order valence-electron chi connectivity index (χ0n) is 21.2. The SMILES string of the molecule is CCCCC(CC)Cn1c2ccc(-c3ccc(/C=C(/C#N)C(=O)O)s3)cc2c2ccc3ccccc3c21. The van der Waals surface area contributed by atoms with Crippen molar-refractivity contribution in [1.29, 1.82) is 5.26 Å². The van der Waals surface area contributed by atoms with E-state index in [0.29, 0.717) is 5.92 Å². The number of thiophene rings is 1. The molecule has 0 bridgehead atoms. The van der Waals surface area contributed by atoms with Crippen molar-refractivity contribution in [3.8, 4) is 16.5 Å². The van der Waals surface area contributed by atoms with Gasteiger partial charge >= 0.3 is 5.97 Å². The molecule has 0 radical (unpaired) electrons. The van der Waals surface area contributed by atoms with Gasteiger partial charge in [-0.15, -0.1) is 11.3 Å². The lowest BCUT2D eigenvalue weighted by Gasteiger charge is -2.18. The topological polar surface area (TPSA) is 66.0 Å². The molecule has 5 rings (SSSR count). The lowest BCUT2D eigenvalue weighted by Crippen LogP contribution is -2.10. The third-order valence-corrected chi connectivity index (χ3v) is 8.36. The Labute approximate surface area is 221 Å². The Morgan fingerprint density at radius 2 is 1.89 bits per heavy atom. The van der Waals surface area contributed by atoms with Crippen LogP contribution in [0.15, 0.2) is 72.3 Å². The molecular formula is C32H30N2O2S. The van der Waals surface area contributed by atoms with E-state index in [1.165, 1.54) is 69.3 Å². The van der Waals surface area contributed by atoms with Crippen LogP contribution in [0.5, 0.6) is 0 Å². The van der Waals surface area contributed by atoms with E-state index in [2.05, 4.69) is 73.0 Å². The molecule has 0 saturated carbocycles. The fourth-order valence-electron chi connectivity index (χ4n) is 5.26. The first-order valence-corrected chi connectivity index (χ1v) is 13.7. The van der Waals surface area contributed by atoms with Crippen LogP contribution in [0.4, 0.5) is 0 Å². The van der Waals surface area contributed by atoms with E-state index in [1.54, 1.807) is 6.07 Å². The molecule has 5 heteroatoms. The number of rotatable bonds is 9. The Balaban J connectivity index is 1.66. The zero-order valence-corrected chi connectivity index (χ0v) is 22.0. The molecule has 0 aliphatic rings. The summed E-state index contributed by atoms with van der Waals surface area (Å²) in [6.07, 6.45) is 6.32. The highest BCUT2D eigenvalue weighted by atomic mass is 32.1. The van der Waals surface area contributed by atoms with Gasteiger partial charge in [0, 0.05) is 38.0 Å². The first-order chi connectivity index (χ1) is 18.0. The standard InChI is InChI=1S/C32H30N2O2S/c1-3-5-8-21(4-2)20-34-29-15-12-23(30-16-13-25(37-30)17-24(19-33)32(35)36)18-28(29)27-14-11-22-9-6-7-10-26(22)31(27)34/h6-7,9-18,21H,3-5,8,20H2,1-2H3,(H,35,36)/b24-17-. The highest BCUT2D eigenvalue weighted by Gasteiger charge is 2.18. The molecule has 4 nitrogen and oxygen atoms in total. The number of unbranched alkanes of at least 4 members (excludes halogenated alkanes) is 1. The largest absolute Gasteiger partial charge is 0.477 e. The van der Waals surface area contributed by atoms with E-state index in [1.807, 2.05) is 12.1 Å². The third-order valence-electron chi connectivity index (χ3n) is 7.28. The van der Waals surface area contributed by atoms with Gasteiger partial charge in [-0.2, -0.15) is 5.26 Å². The van der Waals surface area contributed by atoms with Gasteiger partial charge in [-0.1, -0.05) is 75.6 Å². The van der Waals surface area contributed by atoms with Crippen molar-refractivity contribution < 1.29 is 9.90 Å². The van der Waals surface area contributed by atoms with Crippen LogP contribution in [-0.4, -0.2) is 15.6 Å². The molecule has 1 N–H and O–H groups in total. The van der Waals surface area contributed by atoms with E-state index in [0.717, 1.165) is 28.3 Å². The normalized spacial score (nSPS) is 12.8. The quantitative estimate of drug-likeness (QED) is 0.160. The maximum atomic E-state index is 11.2. The molecule has 5 aromatic rings. The summed E-state index contributed by atoms with van der Waals surface area (Å²) >= 11 is 1.50. The number of fused-ring (bicyclic) bond motifs is 5. The highest BCUT2D eigenvalue weighted by Crippen LogP contribution is 2.39. The number of carboxylic acids is 1. The van der Waals surface area contributed by atoms with Gasteiger partial charge in [0.15, 0.2) is 0 Å². The van der Waals surface area contributed by atoms with Crippen molar-refractivity contribution in [2.45, 2.75) is 46.1 Å². The van der Waals surface area contributed by atoms with Gasteiger partial charge in [-0.3, -0.25) is 0 Å². The number of nitrogens with zero attached hydrogens (tertiary/aromatic N) is 2. The summed E-state index contributed by atoms with van der Waals surface area (Å²) in [5, 5.41) is 23.3. The van der Waals surface area contributed by atoms with E-state index < -0.39 is 5.97 Å². The predicted molar refractivity (Wildman–Crippen MR) is 155 cm³/mol. The molecule has 0 spiro atoms. The highest BCUT2D eigenvalue weighted by molar-refractivity contribution is 7.16. The summed E-state index contributed by atoms with van der Waals surface area (Å²) in [7, 11) is 0. The molecule has 1 atom stereocenters. The van der Waals surface area contributed by atoms with Crippen molar-refractivity contribution >= 4 is 56.0 Å². The third kappa shape index (κ3) is 4.77. The molecular weight excluding hydrogens is 476 g/mol. The number of carboxylic acid groups (broad SMARTS) is 1. The molecule has 0 saturated heterocycles. The first kappa shape index (κ1) is 24.8. The van der Waals surface area contributed by atoms with E-state index in [4.69, 9.17) is 5.26 Å². The zero-order chi connectivity index (χ0) is 25.9. The predicted octanol–water partition coefficient (Wildman–Crippen LogP) is 8.88. The summed E-state index contributed by atoms with van der Waals surface area (Å²) < 4.78 is 2.54. The van der Waals surface area contributed by atoms with Gasteiger partial charge in [0.05, 0.1) is 5.52 Å². The number of carbonyl (C=O) groups is 1. The molecule has 3 aromatic carbocycles. The van der Waals surface area contributed by atoms with E-state index in [-0.39, 0.29) is 5.57 Å². The molecule has 0 aliphatic heterocycles. The van der Waals surface area contributed by atoms with Crippen LogP contribution < -0.4 is 0 Å². The second-order valence-electron chi connectivity index (χ2n) is 9.62. The molecule has 2 heterocycles. The molecule has 1 unspecified atom stereocenters. The number of hydrogen-bond donors (Lipinski definition) is 1. The van der Waals surface area contributed by atoms with Crippen LogP contribution in [0.25, 0.3) is 49.1 Å². The lowest BCUT2D eigenvalue weighted by molar-refractivity contribution is -0.132. The maximum absolute atomic E-state index is 11.2. The average molecular weight is 507 g/mol. The van der Waals surface area contributed by atoms with Crippen LogP contribution >= 0.6 is 11.3 Å². The van der Waals surface area contributed by atoms with Crippen LogP contribution in [0.1, 0.15) is 44.4 Å². The second kappa shape index (κ2) is 10.6. The molecule has 186 valence electrons. The average Bonchev–Trinajstić information content (AvgIpc) is 3.52. The van der Waals surface area contributed by atoms with Crippen LogP contribution in [0.2, 0.25) is 0 Å². The van der Waals surface area contributed by atoms with Gasteiger partial charge in [-0.25, -0.2) is 4.79 Å². The Morgan fingerprint density at radius 1 is 1.05 bits per heavy atom. The summed E-state index contributed by atoms with van der Waals surface area (Å²) in [4.78, 5) is 13.0. The van der Waals surface area contributed by atoms with Gasteiger partial charge in [0.25, 0.3) is 0 Å². The van der Waals surface area contributed by atoms with Gasteiger partial charge < -0.3 is 9.67 Å². The van der Waals surface area contributed by atoms with Gasteiger partial charge in [0.1, 0.15) is 11.6 Å². The monoisotopic (exact) mass is 506 g/mol. The summed E-state index contributed by atoms with van der Waals surface area (Å²) in [6.45, 7) is 5.57. The summed E-state index contributed by atoms with van der Waals surface area (Å²) in [5.74, 6) is -0.573. The van der Waals surface area contributed by atoms with Crippen molar-refractivity contribution in [1.82, 2.24) is 4.57 Å². The second-order valence-corrected chi connectivity index (χ2v) is 10.7. The van der Waals surface area contributed by atoms with Crippen LogP contribution in [0.3, 0.4) is 0 Å². The van der Waals surface area contributed by atoms with E-state index >= 15 is 0 Å². The molecule has 0 aliphatic carbocycles. The number of aliphatic carboxylic acids is 1. The first-order valence-electron chi connectivity index (χ1n) is 12.9. The minimum absolute atomic E-state index is 0.257. The van der Waals surface area contributed by atoms with Crippen LogP contribution in [0, 0.1) is 17.2 Å². The van der Waals surface area contributed by atoms with E-state index in [9.17, 15) is 9.90 Å². The number of benzene rings is 3. The van der Waals surface area contributed by atoms with Gasteiger partial charge in [0.2, 0.25) is 0 Å². The minimum Gasteiger partial charge on any atom is -0.477 e. The van der Waals surface area contributed by atoms with Crippen molar-refractivity contribution in [3.05, 3.63) is 77.2 Å². The van der Waals surface area contributed by atoms with Crippen LogP contribution in [-0.2, 0) is 11.3 Å². The van der Waals surface area contributed by atoms with Crippen molar-refractivity contribution in [2.24, 2.45) is 5.92 Å². The fraction of sp³-hybridized carbons (Fsp3) is 0.250. The molecule has 0 fully saturated rings.